The molecule has 1 heterocycles. The minimum absolute atomic E-state index is 0.165. The fraction of sp³-hybridized carbons (Fsp3) is 0.0769. The van der Waals surface area contributed by atoms with Crippen LogP contribution in [-0.4, -0.2) is 16.5 Å². The van der Waals surface area contributed by atoms with Gasteiger partial charge >= 0.3 is 11.8 Å². The molecular weight excluding hydrogens is 262 g/mol. The van der Waals surface area contributed by atoms with Crippen LogP contribution in [0.5, 0.6) is 0 Å². The van der Waals surface area contributed by atoms with Crippen LogP contribution in [0.1, 0.15) is 23.0 Å². The molecule has 2 rings (SSSR count). The predicted octanol–water partition coefficient (Wildman–Crippen LogP) is 2.34. The SMILES string of the molecule is C/C(=N\NC(=O)c1ccc([N+](=O)[O-])o1)c1ccccc1. The predicted molar refractivity (Wildman–Crippen MR) is 71.5 cm³/mol. The summed E-state index contributed by atoms with van der Waals surface area (Å²) in [6.45, 7) is 1.74. The van der Waals surface area contributed by atoms with Crippen LogP contribution in [0, 0.1) is 10.1 Å². The maximum Gasteiger partial charge on any atom is 0.433 e. The Hall–Kier alpha value is -2.96. The molecule has 7 nitrogen and oxygen atoms in total. The van der Waals surface area contributed by atoms with Crippen molar-refractivity contribution in [1.29, 1.82) is 0 Å². The van der Waals surface area contributed by atoms with Crippen molar-refractivity contribution < 1.29 is 14.1 Å². The van der Waals surface area contributed by atoms with Crippen LogP contribution in [0.2, 0.25) is 0 Å². The highest BCUT2D eigenvalue weighted by molar-refractivity contribution is 6.00. The van der Waals surface area contributed by atoms with E-state index >= 15 is 0 Å². The van der Waals surface area contributed by atoms with Crippen molar-refractivity contribution in [3.05, 3.63) is 63.9 Å². The van der Waals surface area contributed by atoms with Gasteiger partial charge in [-0.25, -0.2) is 5.43 Å². The average molecular weight is 273 g/mol. The molecular formula is C13H11N3O4. The number of nitro groups is 1. The number of nitrogens with zero attached hydrogens (tertiary/aromatic N) is 2. The number of nitrogens with one attached hydrogen (secondary N) is 1. The smallest absolute Gasteiger partial charge is 0.395 e. The lowest BCUT2D eigenvalue weighted by Crippen LogP contribution is -2.18. The average Bonchev–Trinajstić information content (AvgIpc) is 2.95. The quantitative estimate of drug-likeness (QED) is 0.525. The molecule has 0 spiro atoms. The second-order valence-electron chi connectivity index (χ2n) is 3.90. The van der Waals surface area contributed by atoms with E-state index in [9.17, 15) is 14.9 Å². The van der Waals surface area contributed by atoms with E-state index in [-0.39, 0.29) is 5.76 Å². The lowest BCUT2D eigenvalue weighted by atomic mass is 10.1. The highest BCUT2D eigenvalue weighted by atomic mass is 16.6. The monoisotopic (exact) mass is 273 g/mol. The van der Waals surface area contributed by atoms with Crippen LogP contribution in [0.25, 0.3) is 0 Å². The topological polar surface area (TPSA) is 97.7 Å². The lowest BCUT2D eigenvalue weighted by molar-refractivity contribution is -0.402. The van der Waals surface area contributed by atoms with Crippen molar-refractivity contribution in [2.24, 2.45) is 5.10 Å². The molecule has 2 aromatic rings. The highest BCUT2D eigenvalue weighted by Gasteiger charge is 2.16. The van der Waals surface area contributed by atoms with Gasteiger partial charge in [-0.15, -0.1) is 0 Å². The summed E-state index contributed by atoms with van der Waals surface area (Å²) in [4.78, 5) is 21.4. The van der Waals surface area contributed by atoms with E-state index in [1.54, 1.807) is 6.92 Å². The zero-order valence-corrected chi connectivity index (χ0v) is 10.6. The van der Waals surface area contributed by atoms with Crippen LogP contribution in [-0.2, 0) is 0 Å². The van der Waals surface area contributed by atoms with Crippen molar-refractivity contribution in [1.82, 2.24) is 5.43 Å². The molecule has 0 aliphatic rings. The third-order valence-electron chi connectivity index (χ3n) is 2.51. The molecule has 1 aromatic carbocycles. The molecule has 0 aliphatic carbocycles. The second-order valence-corrected chi connectivity index (χ2v) is 3.90. The van der Waals surface area contributed by atoms with E-state index in [4.69, 9.17) is 4.42 Å². The molecule has 7 heteroatoms. The Labute approximate surface area is 114 Å². The summed E-state index contributed by atoms with van der Waals surface area (Å²) in [6.07, 6.45) is 0. The van der Waals surface area contributed by atoms with Crippen LogP contribution < -0.4 is 5.43 Å². The van der Waals surface area contributed by atoms with Gasteiger partial charge in [0.1, 0.15) is 4.92 Å². The fourth-order valence-electron chi connectivity index (χ4n) is 1.48. The van der Waals surface area contributed by atoms with Crippen LogP contribution in [0.3, 0.4) is 0 Å². The molecule has 0 fully saturated rings. The minimum atomic E-state index is -0.713. The van der Waals surface area contributed by atoms with Crippen LogP contribution in [0.15, 0.2) is 52.0 Å². The molecule has 0 bridgehead atoms. The number of benzene rings is 1. The number of carbonyl (C=O) groups is 1. The molecule has 20 heavy (non-hydrogen) atoms. The van der Waals surface area contributed by atoms with Gasteiger partial charge in [0, 0.05) is 0 Å². The van der Waals surface area contributed by atoms with E-state index in [0.717, 1.165) is 11.6 Å². The molecule has 0 radical (unpaired) electrons. The summed E-state index contributed by atoms with van der Waals surface area (Å²) in [5.41, 5.74) is 3.75. The summed E-state index contributed by atoms with van der Waals surface area (Å²) < 4.78 is 4.76. The van der Waals surface area contributed by atoms with Gasteiger partial charge < -0.3 is 4.42 Å². The van der Waals surface area contributed by atoms with Gasteiger partial charge in [0.05, 0.1) is 11.8 Å². The normalized spacial score (nSPS) is 11.2. The largest absolute Gasteiger partial charge is 0.433 e. The summed E-state index contributed by atoms with van der Waals surface area (Å²) in [6, 6.07) is 11.6. The lowest BCUT2D eigenvalue weighted by Gasteiger charge is -2.00. The van der Waals surface area contributed by atoms with Crippen molar-refractivity contribution in [3.63, 3.8) is 0 Å². The first-order valence-corrected chi connectivity index (χ1v) is 5.72. The number of hydrogen-bond acceptors (Lipinski definition) is 5. The minimum Gasteiger partial charge on any atom is -0.395 e. The number of hydrazone groups is 1. The molecule has 0 atom stereocenters. The van der Waals surface area contributed by atoms with Gasteiger partial charge in [-0.1, -0.05) is 30.3 Å². The molecule has 0 unspecified atom stereocenters. The van der Waals surface area contributed by atoms with Gasteiger partial charge in [0.25, 0.3) is 0 Å². The molecule has 0 saturated carbocycles. The third-order valence-corrected chi connectivity index (χ3v) is 2.51. The molecule has 0 aliphatic heterocycles. The summed E-state index contributed by atoms with van der Waals surface area (Å²) in [7, 11) is 0. The molecule has 1 amide bonds. The molecule has 102 valence electrons. The van der Waals surface area contributed by atoms with E-state index in [1.807, 2.05) is 30.3 Å². The first kappa shape index (κ1) is 13.5. The standard InChI is InChI=1S/C13H11N3O4/c1-9(10-5-3-2-4-6-10)14-15-13(17)11-7-8-12(20-11)16(18)19/h2-8H,1H3,(H,15,17)/b14-9+. The Bertz CT molecular complexity index is 661. The van der Waals surface area contributed by atoms with Gasteiger partial charge in [-0.2, -0.15) is 5.10 Å². The number of rotatable bonds is 4. The number of amides is 1. The Morgan fingerprint density at radius 2 is 1.95 bits per heavy atom. The zero-order chi connectivity index (χ0) is 14.5. The molecule has 1 aromatic heterocycles. The molecule has 1 N–H and O–H groups in total. The number of hydrogen-bond donors (Lipinski definition) is 1. The second kappa shape index (κ2) is 5.79. The van der Waals surface area contributed by atoms with Crippen LogP contribution >= 0.6 is 0 Å². The van der Waals surface area contributed by atoms with Gasteiger partial charge in [0.15, 0.2) is 0 Å². The van der Waals surface area contributed by atoms with E-state index in [1.165, 1.54) is 6.07 Å². The van der Waals surface area contributed by atoms with Crippen molar-refractivity contribution in [2.45, 2.75) is 6.92 Å². The van der Waals surface area contributed by atoms with Crippen molar-refractivity contribution in [2.75, 3.05) is 0 Å². The summed E-state index contributed by atoms with van der Waals surface area (Å²) in [5, 5.41) is 14.4. The van der Waals surface area contributed by atoms with Gasteiger partial charge in [-0.3, -0.25) is 14.9 Å². The van der Waals surface area contributed by atoms with Crippen molar-refractivity contribution in [3.8, 4) is 0 Å². The third kappa shape index (κ3) is 3.08. The van der Waals surface area contributed by atoms with Crippen molar-refractivity contribution >= 4 is 17.5 Å². The van der Waals surface area contributed by atoms with E-state index < -0.39 is 16.7 Å². The highest BCUT2D eigenvalue weighted by Crippen LogP contribution is 2.15. The van der Waals surface area contributed by atoms with Gasteiger partial charge in [-0.05, 0) is 18.6 Å². The van der Waals surface area contributed by atoms with Crippen LogP contribution in [0.4, 0.5) is 5.88 Å². The number of furan rings is 1. The van der Waals surface area contributed by atoms with E-state index in [2.05, 4.69) is 10.5 Å². The maximum atomic E-state index is 11.7. The Morgan fingerprint density at radius 1 is 1.25 bits per heavy atom. The Kier molecular flexibility index (Phi) is 3.90. The number of carbonyl (C=O) groups excluding carboxylic acids is 1. The first-order valence-electron chi connectivity index (χ1n) is 5.72. The fourth-order valence-corrected chi connectivity index (χ4v) is 1.48. The maximum absolute atomic E-state index is 11.7. The molecule has 0 saturated heterocycles. The Morgan fingerprint density at radius 3 is 2.55 bits per heavy atom. The summed E-state index contributed by atoms with van der Waals surface area (Å²) >= 11 is 0. The zero-order valence-electron chi connectivity index (χ0n) is 10.6. The van der Waals surface area contributed by atoms with E-state index in [0.29, 0.717) is 5.71 Å². The Balaban J connectivity index is 2.06. The van der Waals surface area contributed by atoms with Gasteiger partial charge in [0.2, 0.25) is 5.76 Å². The summed E-state index contributed by atoms with van der Waals surface area (Å²) in [5.74, 6) is -1.30. The first-order chi connectivity index (χ1) is 9.58.